The maximum Gasteiger partial charge on any atom is 0.186 e. The molecule has 0 fully saturated rings. The number of hydrogen-bond acceptors (Lipinski definition) is 2. The van der Waals surface area contributed by atoms with E-state index in [1.165, 1.54) is 6.07 Å². The van der Waals surface area contributed by atoms with Gasteiger partial charge in [-0.1, -0.05) is 11.6 Å². The Kier molecular flexibility index (Phi) is 3.45. The summed E-state index contributed by atoms with van der Waals surface area (Å²) in [7, 11) is 0. The van der Waals surface area contributed by atoms with Crippen molar-refractivity contribution in [1.29, 1.82) is 0 Å². The highest BCUT2D eigenvalue weighted by molar-refractivity contribution is 6.31. The van der Waals surface area contributed by atoms with Crippen LogP contribution in [0.25, 0.3) is 0 Å². The van der Waals surface area contributed by atoms with E-state index in [0.29, 0.717) is 0 Å². The zero-order chi connectivity index (χ0) is 9.84. The summed E-state index contributed by atoms with van der Waals surface area (Å²) < 4.78 is 30.5. The van der Waals surface area contributed by atoms with Crippen molar-refractivity contribution in [2.75, 3.05) is 13.2 Å². The van der Waals surface area contributed by atoms with E-state index in [2.05, 4.69) is 0 Å². The monoisotopic (exact) mass is 207 g/mol. The third-order valence-electron chi connectivity index (χ3n) is 1.38. The molecular weight excluding hydrogens is 200 g/mol. The number of rotatable bonds is 3. The zero-order valence-electron chi connectivity index (χ0n) is 6.69. The minimum Gasteiger partial charge on any atom is -0.489 e. The molecule has 1 aromatic rings. The molecule has 0 bridgehead atoms. The molecule has 0 aromatic heterocycles. The fraction of sp³-hybridized carbons (Fsp3) is 0.250. The van der Waals surface area contributed by atoms with E-state index in [9.17, 15) is 8.78 Å². The highest BCUT2D eigenvalue weighted by atomic mass is 35.5. The van der Waals surface area contributed by atoms with Gasteiger partial charge in [-0.2, -0.15) is 0 Å². The SMILES string of the molecule is NCCOc1ccc(F)c(Cl)c1F. The first-order chi connectivity index (χ1) is 6.16. The third kappa shape index (κ3) is 2.29. The van der Waals surface area contributed by atoms with Crippen LogP contribution in [0.2, 0.25) is 5.02 Å². The highest BCUT2D eigenvalue weighted by Gasteiger charge is 2.11. The number of nitrogens with two attached hydrogens (primary N) is 1. The Labute approximate surface area is 79.2 Å². The van der Waals surface area contributed by atoms with Gasteiger partial charge in [-0.3, -0.25) is 0 Å². The second-order valence-corrected chi connectivity index (χ2v) is 2.69. The Hall–Kier alpha value is -0.870. The molecule has 0 unspecified atom stereocenters. The van der Waals surface area contributed by atoms with Gasteiger partial charge in [-0.15, -0.1) is 0 Å². The highest BCUT2D eigenvalue weighted by Crippen LogP contribution is 2.26. The summed E-state index contributed by atoms with van der Waals surface area (Å²) in [5, 5.41) is -0.561. The molecule has 0 aliphatic rings. The number of hydrogen-bond donors (Lipinski definition) is 1. The van der Waals surface area contributed by atoms with Crippen LogP contribution in [0.15, 0.2) is 12.1 Å². The van der Waals surface area contributed by atoms with Crippen LogP contribution in [0.3, 0.4) is 0 Å². The van der Waals surface area contributed by atoms with Crippen LogP contribution in [-0.2, 0) is 0 Å². The van der Waals surface area contributed by atoms with E-state index in [4.69, 9.17) is 22.1 Å². The summed E-state index contributed by atoms with van der Waals surface area (Å²) in [5.41, 5.74) is 5.14. The van der Waals surface area contributed by atoms with Crippen molar-refractivity contribution in [1.82, 2.24) is 0 Å². The predicted molar refractivity (Wildman–Crippen MR) is 45.9 cm³/mol. The standard InChI is InChI=1S/C8H8ClF2NO/c9-7-5(10)1-2-6(8(7)11)13-4-3-12/h1-2H,3-4,12H2. The summed E-state index contributed by atoms with van der Waals surface area (Å²) in [6, 6.07) is 2.21. The summed E-state index contributed by atoms with van der Waals surface area (Å²) in [5.74, 6) is -1.79. The van der Waals surface area contributed by atoms with Crippen LogP contribution in [0, 0.1) is 11.6 Å². The molecule has 0 amide bonds. The molecule has 72 valence electrons. The first-order valence-corrected chi connectivity index (χ1v) is 4.01. The van der Waals surface area contributed by atoms with Crippen molar-refractivity contribution in [3.63, 3.8) is 0 Å². The maximum atomic E-state index is 13.0. The largest absolute Gasteiger partial charge is 0.489 e. The molecule has 1 rings (SSSR count). The Bertz CT molecular complexity index is 306. The lowest BCUT2D eigenvalue weighted by atomic mass is 10.3. The Balaban J connectivity index is 2.90. The van der Waals surface area contributed by atoms with E-state index in [1.807, 2.05) is 0 Å². The minimum atomic E-state index is -0.893. The summed E-state index contributed by atoms with van der Waals surface area (Å²) in [4.78, 5) is 0. The van der Waals surface area contributed by atoms with Crippen molar-refractivity contribution in [2.24, 2.45) is 5.73 Å². The maximum absolute atomic E-state index is 13.0. The van der Waals surface area contributed by atoms with Gasteiger partial charge in [0.25, 0.3) is 0 Å². The molecule has 0 heterocycles. The van der Waals surface area contributed by atoms with Crippen molar-refractivity contribution in [3.8, 4) is 5.75 Å². The second kappa shape index (κ2) is 4.39. The summed E-state index contributed by atoms with van der Waals surface area (Å²) in [6.45, 7) is 0.424. The van der Waals surface area contributed by atoms with Crippen molar-refractivity contribution in [2.45, 2.75) is 0 Å². The molecule has 0 aliphatic carbocycles. The van der Waals surface area contributed by atoms with Crippen LogP contribution >= 0.6 is 11.6 Å². The molecule has 2 N–H and O–H groups in total. The van der Waals surface area contributed by atoms with Crippen molar-refractivity contribution < 1.29 is 13.5 Å². The Morgan fingerprint density at radius 2 is 2.08 bits per heavy atom. The number of ether oxygens (including phenoxy) is 1. The van der Waals surface area contributed by atoms with Gasteiger partial charge in [-0.05, 0) is 12.1 Å². The van der Waals surface area contributed by atoms with Crippen LogP contribution in [0.1, 0.15) is 0 Å². The van der Waals surface area contributed by atoms with Crippen LogP contribution in [0.4, 0.5) is 8.78 Å². The molecule has 0 saturated heterocycles. The third-order valence-corrected chi connectivity index (χ3v) is 1.72. The molecule has 0 aliphatic heterocycles. The lowest BCUT2D eigenvalue weighted by Gasteiger charge is -2.06. The second-order valence-electron chi connectivity index (χ2n) is 2.31. The zero-order valence-corrected chi connectivity index (χ0v) is 7.44. The molecule has 0 radical (unpaired) electrons. The van der Waals surface area contributed by atoms with Crippen LogP contribution in [-0.4, -0.2) is 13.2 Å². The smallest absolute Gasteiger partial charge is 0.186 e. The lowest BCUT2D eigenvalue weighted by Crippen LogP contribution is -2.11. The molecule has 0 atom stereocenters. The van der Waals surface area contributed by atoms with Gasteiger partial charge in [0, 0.05) is 6.54 Å². The normalized spacial score (nSPS) is 10.2. The Morgan fingerprint density at radius 3 is 2.69 bits per heavy atom. The minimum absolute atomic E-state index is 0.0862. The van der Waals surface area contributed by atoms with Gasteiger partial charge >= 0.3 is 0 Å². The van der Waals surface area contributed by atoms with E-state index in [0.717, 1.165) is 6.07 Å². The fourth-order valence-electron chi connectivity index (χ4n) is 0.789. The molecule has 5 heteroatoms. The van der Waals surface area contributed by atoms with Crippen LogP contribution in [0.5, 0.6) is 5.75 Å². The van der Waals surface area contributed by atoms with Gasteiger partial charge in [0.2, 0.25) is 0 Å². The molecule has 0 saturated carbocycles. The van der Waals surface area contributed by atoms with Gasteiger partial charge in [-0.25, -0.2) is 8.78 Å². The molecule has 1 aromatic carbocycles. The average molecular weight is 208 g/mol. The summed E-state index contributed by atoms with van der Waals surface area (Å²) >= 11 is 5.30. The lowest BCUT2D eigenvalue weighted by molar-refractivity contribution is 0.310. The molecule has 0 spiro atoms. The van der Waals surface area contributed by atoms with Gasteiger partial charge in [0.15, 0.2) is 11.6 Å². The first-order valence-electron chi connectivity index (χ1n) is 3.63. The van der Waals surface area contributed by atoms with E-state index in [1.54, 1.807) is 0 Å². The van der Waals surface area contributed by atoms with Gasteiger partial charge in [0.05, 0.1) is 0 Å². The molecule has 13 heavy (non-hydrogen) atoms. The van der Waals surface area contributed by atoms with Gasteiger partial charge < -0.3 is 10.5 Å². The van der Waals surface area contributed by atoms with Gasteiger partial charge in [0.1, 0.15) is 17.4 Å². The fourth-order valence-corrected chi connectivity index (χ4v) is 0.945. The van der Waals surface area contributed by atoms with Crippen LogP contribution < -0.4 is 10.5 Å². The van der Waals surface area contributed by atoms with Crippen molar-refractivity contribution >= 4 is 11.6 Å². The Morgan fingerprint density at radius 1 is 1.38 bits per heavy atom. The molecule has 2 nitrogen and oxygen atoms in total. The van der Waals surface area contributed by atoms with E-state index in [-0.39, 0.29) is 18.9 Å². The van der Waals surface area contributed by atoms with E-state index >= 15 is 0 Å². The summed E-state index contributed by atoms with van der Waals surface area (Å²) in [6.07, 6.45) is 0. The van der Waals surface area contributed by atoms with Crippen molar-refractivity contribution in [3.05, 3.63) is 28.8 Å². The van der Waals surface area contributed by atoms with E-state index < -0.39 is 16.7 Å². The number of benzene rings is 1. The first kappa shape index (κ1) is 10.2. The quantitative estimate of drug-likeness (QED) is 0.769. The topological polar surface area (TPSA) is 35.2 Å². The molecular formula is C8H8ClF2NO. The predicted octanol–water partition coefficient (Wildman–Crippen LogP) is 1.96. The number of halogens is 3. The average Bonchev–Trinajstić information content (AvgIpc) is 2.13.